The highest BCUT2D eigenvalue weighted by Crippen LogP contribution is 2.35. The van der Waals surface area contributed by atoms with Crippen LogP contribution in [0.15, 0.2) is 46.9 Å². The van der Waals surface area contributed by atoms with Crippen molar-refractivity contribution >= 4 is 29.0 Å². The molecule has 0 saturated carbocycles. The number of halogens is 1. The maximum Gasteiger partial charge on any atom is 0.318 e. The first-order valence-electron chi connectivity index (χ1n) is 12.0. The zero-order valence-corrected chi connectivity index (χ0v) is 21.0. The third-order valence-electron chi connectivity index (χ3n) is 6.04. The molecule has 1 unspecified atom stereocenters. The normalized spacial score (nSPS) is 18.6. The van der Waals surface area contributed by atoms with Crippen LogP contribution in [0, 0.1) is 5.82 Å². The summed E-state index contributed by atoms with van der Waals surface area (Å²) in [6.45, 7) is 7.66. The van der Waals surface area contributed by atoms with Crippen LogP contribution in [0.5, 0.6) is 0 Å². The molecule has 3 amide bonds. The van der Waals surface area contributed by atoms with E-state index in [0.29, 0.717) is 44.0 Å². The number of carbonyl (C=O) groups is 2. The van der Waals surface area contributed by atoms with E-state index in [1.165, 1.54) is 22.4 Å². The van der Waals surface area contributed by atoms with Gasteiger partial charge in [0.15, 0.2) is 0 Å². The molecule has 1 aromatic carbocycles. The molecular formula is C25H32FN5O3S. The maximum absolute atomic E-state index is 14.5. The Labute approximate surface area is 209 Å². The predicted octanol–water partition coefficient (Wildman–Crippen LogP) is 3.32. The molecular weight excluding hydrogens is 469 g/mol. The number of amides is 3. The highest BCUT2D eigenvalue weighted by molar-refractivity contribution is 7.10. The van der Waals surface area contributed by atoms with Crippen LogP contribution in [0.25, 0.3) is 0 Å². The van der Waals surface area contributed by atoms with E-state index in [0.717, 1.165) is 18.0 Å². The summed E-state index contributed by atoms with van der Waals surface area (Å²) in [6, 6.07) is 9.68. The smallest absolute Gasteiger partial charge is 0.318 e. The zero-order chi connectivity index (χ0) is 24.8. The highest BCUT2D eigenvalue weighted by atomic mass is 32.1. The van der Waals surface area contributed by atoms with E-state index in [9.17, 15) is 14.0 Å². The predicted molar refractivity (Wildman–Crippen MR) is 134 cm³/mol. The first kappa shape index (κ1) is 25.3. The number of ether oxygens (including phenoxy) is 1. The number of hydrazone groups is 1. The molecule has 1 aromatic heterocycles. The van der Waals surface area contributed by atoms with Crippen molar-refractivity contribution in [1.82, 2.24) is 20.1 Å². The Hall–Kier alpha value is -2.82. The number of benzene rings is 1. The topological polar surface area (TPSA) is 77.5 Å². The third-order valence-corrected chi connectivity index (χ3v) is 7.01. The zero-order valence-electron chi connectivity index (χ0n) is 20.2. The molecule has 0 spiro atoms. The summed E-state index contributed by atoms with van der Waals surface area (Å²) in [6.07, 6.45) is 0.416. The lowest BCUT2D eigenvalue weighted by Crippen LogP contribution is -2.50. The van der Waals surface area contributed by atoms with Gasteiger partial charge >= 0.3 is 6.03 Å². The molecule has 0 bridgehead atoms. The summed E-state index contributed by atoms with van der Waals surface area (Å²) < 4.78 is 19.9. The fourth-order valence-electron chi connectivity index (χ4n) is 4.21. The van der Waals surface area contributed by atoms with Gasteiger partial charge in [-0.25, -0.2) is 14.2 Å². The van der Waals surface area contributed by atoms with Crippen LogP contribution in [-0.4, -0.2) is 84.4 Å². The second kappa shape index (κ2) is 11.7. The standard InChI is InChI=1S/C25H32FN5O3S/c1-18(2)27-25(33)30(10-9-29-11-13-34-14-12-29)17-24(32)31-22(23-8-5-15-35-23)16-21(28-31)19-6-3-4-7-20(19)26/h3-8,15,18,22H,9-14,16-17H2,1-2H3,(H,27,33). The Morgan fingerprint density at radius 3 is 2.69 bits per heavy atom. The average Bonchev–Trinajstić information content (AvgIpc) is 3.52. The molecule has 4 rings (SSSR count). The van der Waals surface area contributed by atoms with Gasteiger partial charge < -0.3 is 15.0 Å². The van der Waals surface area contributed by atoms with Crippen LogP contribution < -0.4 is 5.32 Å². The van der Waals surface area contributed by atoms with Gasteiger partial charge in [-0.2, -0.15) is 5.10 Å². The van der Waals surface area contributed by atoms with Crippen molar-refractivity contribution in [3.05, 3.63) is 58.0 Å². The number of nitrogens with one attached hydrogen (secondary N) is 1. The molecule has 10 heteroatoms. The lowest BCUT2D eigenvalue weighted by molar-refractivity contribution is -0.133. The molecule has 1 N–H and O–H groups in total. The van der Waals surface area contributed by atoms with Gasteiger partial charge in [-0.1, -0.05) is 24.3 Å². The van der Waals surface area contributed by atoms with E-state index in [-0.39, 0.29) is 36.4 Å². The lowest BCUT2D eigenvalue weighted by Gasteiger charge is -2.31. The maximum atomic E-state index is 14.5. The lowest BCUT2D eigenvalue weighted by atomic mass is 10.0. The van der Waals surface area contributed by atoms with E-state index in [1.807, 2.05) is 31.4 Å². The third kappa shape index (κ3) is 6.45. The average molecular weight is 502 g/mol. The Morgan fingerprint density at radius 1 is 1.23 bits per heavy atom. The van der Waals surface area contributed by atoms with Crippen molar-refractivity contribution in [2.45, 2.75) is 32.4 Å². The van der Waals surface area contributed by atoms with Crippen LogP contribution in [0.3, 0.4) is 0 Å². The Balaban J connectivity index is 1.53. The first-order valence-corrected chi connectivity index (χ1v) is 12.8. The van der Waals surface area contributed by atoms with E-state index in [4.69, 9.17) is 4.74 Å². The van der Waals surface area contributed by atoms with Gasteiger partial charge in [0.05, 0.1) is 25.0 Å². The van der Waals surface area contributed by atoms with Gasteiger partial charge in [0.2, 0.25) is 0 Å². The van der Waals surface area contributed by atoms with Crippen LogP contribution in [0.4, 0.5) is 9.18 Å². The molecule has 3 heterocycles. The van der Waals surface area contributed by atoms with Crippen LogP contribution in [-0.2, 0) is 9.53 Å². The summed E-state index contributed by atoms with van der Waals surface area (Å²) in [5, 5.41) is 10.8. The van der Waals surface area contributed by atoms with E-state index in [2.05, 4.69) is 15.3 Å². The van der Waals surface area contributed by atoms with E-state index in [1.54, 1.807) is 23.1 Å². The number of hydrogen-bond donors (Lipinski definition) is 1. The second-order valence-corrected chi connectivity index (χ2v) is 9.96. The molecule has 2 aromatic rings. The molecule has 188 valence electrons. The monoisotopic (exact) mass is 501 g/mol. The van der Waals surface area contributed by atoms with Gasteiger partial charge in [-0.15, -0.1) is 11.3 Å². The summed E-state index contributed by atoms with van der Waals surface area (Å²) in [5.41, 5.74) is 0.924. The second-order valence-electron chi connectivity index (χ2n) is 8.98. The number of nitrogens with zero attached hydrogens (tertiary/aromatic N) is 4. The molecule has 35 heavy (non-hydrogen) atoms. The van der Waals surface area contributed by atoms with E-state index < -0.39 is 0 Å². The Bertz CT molecular complexity index is 1040. The fraction of sp³-hybridized carbons (Fsp3) is 0.480. The Morgan fingerprint density at radius 2 is 2.00 bits per heavy atom. The number of urea groups is 1. The quantitative estimate of drug-likeness (QED) is 0.602. The summed E-state index contributed by atoms with van der Waals surface area (Å²) in [7, 11) is 0. The largest absolute Gasteiger partial charge is 0.379 e. The number of rotatable bonds is 8. The van der Waals surface area contributed by atoms with Crippen LogP contribution >= 0.6 is 11.3 Å². The SMILES string of the molecule is CC(C)NC(=O)N(CCN1CCOCC1)CC(=O)N1N=C(c2ccccc2F)CC1c1cccs1. The molecule has 1 fully saturated rings. The van der Waals surface area contributed by atoms with Crippen molar-refractivity contribution < 1.29 is 18.7 Å². The fourth-order valence-corrected chi connectivity index (χ4v) is 5.03. The molecule has 0 radical (unpaired) electrons. The minimum absolute atomic E-state index is 0.0557. The van der Waals surface area contributed by atoms with Crippen molar-refractivity contribution in [3.8, 4) is 0 Å². The van der Waals surface area contributed by atoms with Gasteiger partial charge in [0.1, 0.15) is 12.4 Å². The Kier molecular flexibility index (Phi) is 8.48. The summed E-state index contributed by atoms with van der Waals surface area (Å²) >= 11 is 1.53. The van der Waals surface area contributed by atoms with Crippen LogP contribution in [0.1, 0.15) is 36.8 Å². The van der Waals surface area contributed by atoms with Gasteiger partial charge in [0.25, 0.3) is 5.91 Å². The van der Waals surface area contributed by atoms with E-state index >= 15 is 0 Å². The first-order chi connectivity index (χ1) is 16.9. The van der Waals surface area contributed by atoms with Gasteiger partial charge in [0, 0.05) is 49.1 Å². The number of morpholine rings is 1. The molecule has 2 aliphatic heterocycles. The highest BCUT2D eigenvalue weighted by Gasteiger charge is 2.35. The number of carbonyl (C=O) groups excluding carboxylic acids is 2. The van der Waals surface area contributed by atoms with Crippen molar-refractivity contribution in [1.29, 1.82) is 0 Å². The van der Waals surface area contributed by atoms with Crippen molar-refractivity contribution in [3.63, 3.8) is 0 Å². The molecule has 2 aliphatic rings. The van der Waals surface area contributed by atoms with Crippen molar-refractivity contribution in [2.75, 3.05) is 45.9 Å². The molecule has 0 aliphatic carbocycles. The van der Waals surface area contributed by atoms with Crippen molar-refractivity contribution in [2.24, 2.45) is 5.10 Å². The number of hydrogen-bond acceptors (Lipinski definition) is 6. The van der Waals surface area contributed by atoms with Gasteiger partial charge in [-0.3, -0.25) is 9.69 Å². The summed E-state index contributed by atoms with van der Waals surface area (Å²) in [5.74, 6) is -0.662. The molecule has 1 saturated heterocycles. The summed E-state index contributed by atoms with van der Waals surface area (Å²) in [4.78, 5) is 31.2. The number of thiophene rings is 1. The minimum Gasteiger partial charge on any atom is -0.379 e. The van der Waals surface area contributed by atoms with Gasteiger partial charge in [-0.05, 0) is 31.4 Å². The minimum atomic E-state index is -0.367. The molecule has 8 nitrogen and oxygen atoms in total. The molecule has 1 atom stereocenters. The van der Waals surface area contributed by atoms with Crippen LogP contribution in [0.2, 0.25) is 0 Å².